The summed E-state index contributed by atoms with van der Waals surface area (Å²) in [4.78, 5) is 29.7. The molecule has 3 aromatic carbocycles. The van der Waals surface area contributed by atoms with Crippen LogP contribution in [-0.4, -0.2) is 24.3 Å². The zero-order valence-corrected chi connectivity index (χ0v) is 17.4. The van der Waals surface area contributed by atoms with E-state index in [9.17, 15) is 18.0 Å². The van der Waals surface area contributed by atoms with Crippen LogP contribution in [0.5, 0.6) is 0 Å². The lowest BCUT2D eigenvalue weighted by molar-refractivity contribution is 0.0940. The first kappa shape index (κ1) is 20.4. The number of aromatic amines is 2. The maximum atomic E-state index is 12.7. The highest BCUT2D eigenvalue weighted by atomic mass is 32.2. The number of anilines is 1. The first-order valence-corrected chi connectivity index (χ1v) is 11.0. The SMILES string of the molecule is CC(NC(=O)c1cccc(NS(=O)(=O)c2ccccc2)c1)c1ccc2[nH]c(=O)[nH]c2c1. The predicted molar refractivity (Wildman–Crippen MR) is 118 cm³/mol. The summed E-state index contributed by atoms with van der Waals surface area (Å²) in [6.07, 6.45) is 0. The molecule has 0 aliphatic carbocycles. The minimum absolute atomic E-state index is 0.136. The Morgan fingerprint density at radius 1 is 0.903 bits per heavy atom. The Bertz CT molecular complexity index is 1410. The van der Waals surface area contributed by atoms with Gasteiger partial charge in [0.15, 0.2) is 0 Å². The highest BCUT2D eigenvalue weighted by Gasteiger charge is 2.16. The molecule has 8 nitrogen and oxygen atoms in total. The Morgan fingerprint density at radius 3 is 2.42 bits per heavy atom. The number of benzene rings is 3. The van der Waals surface area contributed by atoms with Crippen LogP contribution in [-0.2, 0) is 10.0 Å². The molecule has 0 aliphatic heterocycles. The van der Waals surface area contributed by atoms with E-state index >= 15 is 0 Å². The third-order valence-corrected chi connectivity index (χ3v) is 6.22. The molecule has 0 saturated heterocycles. The van der Waals surface area contributed by atoms with Gasteiger partial charge < -0.3 is 15.3 Å². The molecular weight excluding hydrogens is 416 g/mol. The van der Waals surface area contributed by atoms with Gasteiger partial charge in [-0.15, -0.1) is 0 Å². The lowest BCUT2D eigenvalue weighted by Crippen LogP contribution is -2.26. The van der Waals surface area contributed by atoms with E-state index in [2.05, 4.69) is 20.0 Å². The van der Waals surface area contributed by atoms with Crippen molar-refractivity contribution in [2.24, 2.45) is 0 Å². The van der Waals surface area contributed by atoms with Gasteiger partial charge in [-0.2, -0.15) is 0 Å². The summed E-state index contributed by atoms with van der Waals surface area (Å²) in [5, 5.41) is 2.89. The number of rotatable bonds is 6. The number of imidazole rings is 1. The standard InChI is InChI=1S/C22H20N4O4S/c1-14(15-10-11-19-20(13-15)25-22(28)24-19)23-21(27)16-6-5-7-17(12-16)26-31(29,30)18-8-3-2-4-9-18/h2-14,26H,1H3,(H,23,27)(H2,24,25,28). The Balaban J connectivity index is 1.50. The number of hydrogen-bond donors (Lipinski definition) is 4. The van der Waals surface area contributed by atoms with E-state index in [1.807, 2.05) is 13.0 Å². The topological polar surface area (TPSA) is 124 Å². The fraction of sp³-hybridized carbons (Fsp3) is 0.0909. The van der Waals surface area contributed by atoms with Gasteiger partial charge in [0.05, 0.1) is 22.0 Å². The molecule has 4 aromatic rings. The number of carbonyl (C=O) groups is 1. The number of sulfonamides is 1. The maximum Gasteiger partial charge on any atom is 0.323 e. The fourth-order valence-electron chi connectivity index (χ4n) is 3.22. The molecule has 0 aliphatic rings. The van der Waals surface area contributed by atoms with E-state index in [1.165, 1.54) is 18.2 Å². The van der Waals surface area contributed by atoms with Crippen LogP contribution >= 0.6 is 0 Å². The zero-order valence-electron chi connectivity index (χ0n) is 16.5. The third-order valence-electron chi connectivity index (χ3n) is 4.82. The quantitative estimate of drug-likeness (QED) is 0.371. The van der Waals surface area contributed by atoms with Crippen LogP contribution in [0, 0.1) is 0 Å². The van der Waals surface area contributed by atoms with Gasteiger partial charge in [0.2, 0.25) is 0 Å². The summed E-state index contributed by atoms with van der Waals surface area (Å²) in [7, 11) is -3.75. The van der Waals surface area contributed by atoms with E-state index < -0.39 is 10.0 Å². The minimum atomic E-state index is -3.75. The Hall–Kier alpha value is -3.85. The van der Waals surface area contributed by atoms with Gasteiger partial charge >= 0.3 is 5.69 Å². The number of amides is 1. The van der Waals surface area contributed by atoms with Crippen molar-refractivity contribution in [2.75, 3.05) is 4.72 Å². The number of hydrogen-bond acceptors (Lipinski definition) is 4. The van der Waals surface area contributed by atoms with Crippen LogP contribution in [0.4, 0.5) is 5.69 Å². The van der Waals surface area contributed by atoms with Crippen LogP contribution in [0.25, 0.3) is 11.0 Å². The molecule has 9 heteroatoms. The van der Waals surface area contributed by atoms with Crippen LogP contribution in [0.1, 0.15) is 28.9 Å². The first-order valence-electron chi connectivity index (χ1n) is 9.52. The second-order valence-corrected chi connectivity index (χ2v) is 8.76. The third kappa shape index (κ3) is 4.51. The summed E-state index contributed by atoms with van der Waals surface area (Å²) in [5.41, 5.74) is 2.47. The van der Waals surface area contributed by atoms with Gasteiger partial charge in [-0.25, -0.2) is 13.2 Å². The fourth-order valence-corrected chi connectivity index (χ4v) is 4.29. The number of H-pyrrole nitrogens is 2. The molecule has 0 fully saturated rings. The lowest BCUT2D eigenvalue weighted by Gasteiger charge is -2.15. The molecule has 4 N–H and O–H groups in total. The van der Waals surface area contributed by atoms with Gasteiger partial charge in [-0.05, 0) is 55.0 Å². The van der Waals surface area contributed by atoms with Crippen LogP contribution in [0.15, 0.2) is 82.5 Å². The Kier molecular flexibility index (Phi) is 5.35. The van der Waals surface area contributed by atoms with Crippen molar-refractivity contribution < 1.29 is 13.2 Å². The van der Waals surface area contributed by atoms with Crippen LogP contribution in [0.2, 0.25) is 0 Å². The minimum Gasteiger partial charge on any atom is -0.346 e. The van der Waals surface area contributed by atoms with Gasteiger partial charge in [-0.3, -0.25) is 9.52 Å². The summed E-state index contributed by atoms with van der Waals surface area (Å²) in [5.74, 6) is -0.351. The molecule has 0 bridgehead atoms. The van der Waals surface area contributed by atoms with E-state index in [4.69, 9.17) is 0 Å². The monoisotopic (exact) mass is 436 g/mol. The second-order valence-electron chi connectivity index (χ2n) is 7.08. The Labute approximate surface area is 178 Å². The number of nitrogens with one attached hydrogen (secondary N) is 4. The van der Waals surface area contributed by atoms with Crippen molar-refractivity contribution >= 4 is 32.7 Å². The predicted octanol–water partition coefficient (Wildman–Crippen LogP) is 3.15. The van der Waals surface area contributed by atoms with Crippen molar-refractivity contribution in [3.8, 4) is 0 Å². The largest absolute Gasteiger partial charge is 0.346 e. The summed E-state index contributed by atoms with van der Waals surface area (Å²) in [6, 6.07) is 19.3. The van der Waals surface area contributed by atoms with Gasteiger partial charge in [-0.1, -0.05) is 30.3 Å². The number of aromatic nitrogens is 2. The Morgan fingerprint density at radius 2 is 1.65 bits per heavy atom. The molecule has 0 saturated carbocycles. The summed E-state index contributed by atoms with van der Waals surface area (Å²) >= 11 is 0. The van der Waals surface area contributed by atoms with Crippen molar-refractivity contribution in [1.29, 1.82) is 0 Å². The van der Waals surface area contributed by atoms with Crippen molar-refractivity contribution in [2.45, 2.75) is 17.9 Å². The molecule has 158 valence electrons. The average Bonchev–Trinajstić information content (AvgIpc) is 3.13. The van der Waals surface area contributed by atoms with Gasteiger partial charge in [0.25, 0.3) is 15.9 Å². The number of carbonyl (C=O) groups excluding carboxylic acids is 1. The van der Waals surface area contributed by atoms with Crippen molar-refractivity contribution in [1.82, 2.24) is 15.3 Å². The molecule has 4 rings (SSSR count). The normalized spacial score (nSPS) is 12.4. The highest BCUT2D eigenvalue weighted by Crippen LogP contribution is 2.20. The molecule has 31 heavy (non-hydrogen) atoms. The molecule has 1 heterocycles. The van der Waals surface area contributed by atoms with E-state index in [0.29, 0.717) is 16.6 Å². The average molecular weight is 436 g/mol. The van der Waals surface area contributed by atoms with Gasteiger partial charge in [0.1, 0.15) is 0 Å². The molecule has 1 amide bonds. The molecule has 1 atom stereocenters. The molecule has 1 unspecified atom stereocenters. The number of fused-ring (bicyclic) bond motifs is 1. The maximum absolute atomic E-state index is 12.7. The van der Waals surface area contributed by atoms with E-state index in [1.54, 1.807) is 48.5 Å². The van der Waals surface area contributed by atoms with E-state index in [0.717, 1.165) is 5.56 Å². The van der Waals surface area contributed by atoms with E-state index in [-0.39, 0.29) is 28.2 Å². The first-order chi connectivity index (χ1) is 14.8. The molecule has 1 aromatic heterocycles. The van der Waals surface area contributed by atoms with Crippen LogP contribution in [0.3, 0.4) is 0 Å². The molecule has 0 spiro atoms. The second kappa shape index (κ2) is 8.11. The van der Waals surface area contributed by atoms with Crippen LogP contribution < -0.4 is 15.7 Å². The van der Waals surface area contributed by atoms with Crippen molar-refractivity contribution in [3.63, 3.8) is 0 Å². The van der Waals surface area contributed by atoms with Gasteiger partial charge in [0, 0.05) is 11.3 Å². The van der Waals surface area contributed by atoms with Crippen molar-refractivity contribution in [3.05, 3.63) is 94.4 Å². The summed E-state index contributed by atoms with van der Waals surface area (Å²) in [6.45, 7) is 1.83. The molecule has 0 radical (unpaired) electrons. The highest BCUT2D eigenvalue weighted by molar-refractivity contribution is 7.92. The lowest BCUT2D eigenvalue weighted by atomic mass is 10.1. The molecular formula is C22H20N4O4S. The summed E-state index contributed by atoms with van der Waals surface area (Å²) < 4.78 is 27.5. The zero-order chi connectivity index (χ0) is 22.0. The smallest absolute Gasteiger partial charge is 0.323 e.